The van der Waals surface area contributed by atoms with Crippen LogP contribution in [0.5, 0.6) is 5.75 Å². The molecule has 0 aliphatic heterocycles. The number of ether oxygens (including phenoxy) is 2. The van der Waals surface area contributed by atoms with Gasteiger partial charge in [-0.1, -0.05) is 25.5 Å². The number of carbonyl (C=O) groups is 2. The molecule has 2 aromatic carbocycles. The van der Waals surface area contributed by atoms with E-state index in [1.807, 2.05) is 32.0 Å². The van der Waals surface area contributed by atoms with Crippen molar-refractivity contribution in [1.82, 2.24) is 5.32 Å². The molecule has 1 heterocycles. The van der Waals surface area contributed by atoms with E-state index < -0.39 is 17.7 Å². The van der Waals surface area contributed by atoms with Crippen molar-refractivity contribution in [3.05, 3.63) is 75.0 Å². The van der Waals surface area contributed by atoms with E-state index in [1.165, 1.54) is 30.6 Å². The number of benzene rings is 2. The van der Waals surface area contributed by atoms with Crippen molar-refractivity contribution in [3.8, 4) is 16.9 Å². The van der Waals surface area contributed by atoms with Crippen molar-refractivity contribution in [2.45, 2.75) is 52.3 Å². The van der Waals surface area contributed by atoms with Crippen molar-refractivity contribution in [2.24, 2.45) is 0 Å². The molecule has 0 unspecified atom stereocenters. The van der Waals surface area contributed by atoms with E-state index in [-0.39, 0.29) is 25.0 Å². The maximum Gasteiger partial charge on any atom is 0.416 e. The lowest BCUT2D eigenvalue weighted by Gasteiger charge is -2.20. The molecule has 3 aromatic rings. The highest BCUT2D eigenvalue weighted by Gasteiger charge is 2.30. The maximum absolute atomic E-state index is 12.9. The Hall–Kier alpha value is -3.33. The molecule has 1 atom stereocenters. The first-order chi connectivity index (χ1) is 17.5. The predicted octanol–water partition coefficient (Wildman–Crippen LogP) is 7.26. The number of aryl methyl sites for hydroxylation is 2. The highest BCUT2D eigenvalue weighted by atomic mass is 32.1. The van der Waals surface area contributed by atoms with Crippen LogP contribution in [0.25, 0.3) is 11.1 Å². The first-order valence-electron chi connectivity index (χ1n) is 11.9. The third kappa shape index (κ3) is 7.35. The zero-order valence-electron chi connectivity index (χ0n) is 21.2. The molecule has 3 rings (SSSR count). The van der Waals surface area contributed by atoms with Crippen molar-refractivity contribution >= 4 is 23.2 Å². The van der Waals surface area contributed by atoms with Gasteiger partial charge >= 0.3 is 12.1 Å². The molecule has 5 nitrogen and oxygen atoms in total. The van der Waals surface area contributed by atoms with E-state index >= 15 is 0 Å². The summed E-state index contributed by atoms with van der Waals surface area (Å²) >= 11 is 1.34. The minimum Gasteiger partial charge on any atom is -0.485 e. The van der Waals surface area contributed by atoms with E-state index in [4.69, 9.17) is 4.74 Å². The molecule has 1 N–H and O–H groups in total. The molecule has 0 saturated carbocycles. The number of nitrogens with one attached hydrogen (secondary N) is 1. The molecule has 0 saturated heterocycles. The highest BCUT2D eigenvalue weighted by molar-refractivity contribution is 7.14. The Bertz CT molecular complexity index is 1210. The van der Waals surface area contributed by atoms with Crippen LogP contribution in [-0.2, 0) is 15.7 Å². The van der Waals surface area contributed by atoms with Crippen molar-refractivity contribution in [3.63, 3.8) is 0 Å². The number of hydrogen-bond donors (Lipinski definition) is 1. The van der Waals surface area contributed by atoms with Crippen LogP contribution >= 0.6 is 11.3 Å². The van der Waals surface area contributed by atoms with Gasteiger partial charge in [0.05, 0.1) is 24.0 Å². The monoisotopic (exact) mass is 533 g/mol. The zero-order valence-corrected chi connectivity index (χ0v) is 22.0. The van der Waals surface area contributed by atoms with Gasteiger partial charge in [-0.05, 0) is 78.9 Å². The quantitative estimate of drug-likeness (QED) is 0.279. The van der Waals surface area contributed by atoms with Crippen LogP contribution in [0.3, 0.4) is 0 Å². The summed E-state index contributed by atoms with van der Waals surface area (Å²) in [6.45, 7) is 6.05. The molecule has 37 heavy (non-hydrogen) atoms. The van der Waals surface area contributed by atoms with Crippen LogP contribution in [0.1, 0.15) is 63.5 Å². The molecule has 0 radical (unpaired) electrons. The van der Waals surface area contributed by atoms with Gasteiger partial charge in [-0.15, -0.1) is 11.3 Å². The SMILES string of the molecule is CCC[C@@H](Oc1cc(C)c(-c2ccc(C(F)(F)F)cc2)c(C)c1)c1ccc(C(=O)NCCC(=O)OC)s1. The summed E-state index contributed by atoms with van der Waals surface area (Å²) in [6.07, 6.45) is -2.93. The third-order valence-electron chi connectivity index (χ3n) is 5.85. The van der Waals surface area contributed by atoms with Gasteiger partial charge < -0.3 is 14.8 Å². The van der Waals surface area contributed by atoms with Crippen LogP contribution in [0, 0.1) is 13.8 Å². The Morgan fingerprint density at radius 1 is 1.03 bits per heavy atom. The average molecular weight is 534 g/mol. The molecule has 1 aromatic heterocycles. The number of hydrogen-bond acceptors (Lipinski definition) is 5. The lowest BCUT2D eigenvalue weighted by Crippen LogP contribution is -2.25. The lowest BCUT2D eigenvalue weighted by atomic mass is 9.94. The van der Waals surface area contributed by atoms with Crippen LogP contribution in [0.15, 0.2) is 48.5 Å². The Labute approximate surface area is 218 Å². The fraction of sp³-hybridized carbons (Fsp3) is 0.357. The summed E-state index contributed by atoms with van der Waals surface area (Å²) in [5.74, 6) is 0.00285. The van der Waals surface area contributed by atoms with Gasteiger partial charge in [-0.2, -0.15) is 13.2 Å². The van der Waals surface area contributed by atoms with Crippen LogP contribution in [0.2, 0.25) is 0 Å². The second kappa shape index (κ2) is 12.3. The second-order valence-corrected chi connectivity index (χ2v) is 9.80. The zero-order chi connectivity index (χ0) is 27.2. The van der Waals surface area contributed by atoms with Crippen LogP contribution in [-0.4, -0.2) is 25.5 Å². The first kappa shape index (κ1) is 28.2. The Morgan fingerprint density at radius 2 is 1.68 bits per heavy atom. The molecular weight excluding hydrogens is 503 g/mol. The molecular formula is C28H30F3NO4S. The molecule has 198 valence electrons. The average Bonchev–Trinajstić information content (AvgIpc) is 3.33. The second-order valence-electron chi connectivity index (χ2n) is 8.69. The lowest BCUT2D eigenvalue weighted by molar-refractivity contribution is -0.140. The normalized spacial score (nSPS) is 12.2. The van der Waals surface area contributed by atoms with Crippen LogP contribution in [0.4, 0.5) is 13.2 Å². The Balaban J connectivity index is 1.76. The molecule has 9 heteroatoms. The van der Waals surface area contributed by atoms with E-state index in [1.54, 1.807) is 6.07 Å². The number of esters is 1. The van der Waals surface area contributed by atoms with E-state index in [2.05, 4.69) is 17.0 Å². The number of carbonyl (C=O) groups excluding carboxylic acids is 2. The standard InChI is InChI=1S/C28H30F3NO4S/c1-5-6-22(23-11-12-24(37-23)27(34)32-14-13-25(33)35-4)36-21-15-17(2)26(18(3)16-21)19-7-9-20(10-8-19)28(29,30)31/h7-12,15-16,22H,5-6,13-14H2,1-4H3,(H,32,34)/t22-/m1/s1. The van der Waals surface area contributed by atoms with Gasteiger partial charge in [-0.3, -0.25) is 9.59 Å². The molecule has 0 aliphatic carbocycles. The highest BCUT2D eigenvalue weighted by Crippen LogP contribution is 2.37. The van der Waals surface area contributed by atoms with Gasteiger partial charge in [0.25, 0.3) is 5.91 Å². The van der Waals surface area contributed by atoms with Gasteiger partial charge in [0.15, 0.2) is 0 Å². The number of halogens is 3. The van der Waals surface area contributed by atoms with E-state index in [9.17, 15) is 22.8 Å². The summed E-state index contributed by atoms with van der Waals surface area (Å²) in [4.78, 5) is 25.1. The Morgan fingerprint density at radius 3 is 2.24 bits per heavy atom. The minimum absolute atomic E-state index is 0.100. The number of rotatable bonds is 10. The molecule has 0 aliphatic rings. The van der Waals surface area contributed by atoms with Crippen LogP contribution < -0.4 is 10.1 Å². The van der Waals surface area contributed by atoms with Gasteiger partial charge in [-0.25, -0.2) is 0 Å². The Kier molecular flexibility index (Phi) is 9.37. The summed E-state index contributed by atoms with van der Waals surface area (Å²) in [6, 6.07) is 12.5. The van der Waals surface area contributed by atoms with Crippen molar-refractivity contribution < 1.29 is 32.2 Å². The smallest absolute Gasteiger partial charge is 0.416 e. The van der Waals surface area contributed by atoms with Gasteiger partial charge in [0.2, 0.25) is 0 Å². The fourth-order valence-corrected chi connectivity index (χ4v) is 5.06. The van der Waals surface area contributed by atoms with Gasteiger partial charge in [0.1, 0.15) is 11.9 Å². The molecule has 0 bridgehead atoms. The predicted molar refractivity (Wildman–Crippen MR) is 138 cm³/mol. The molecule has 1 amide bonds. The largest absolute Gasteiger partial charge is 0.485 e. The molecule has 0 fully saturated rings. The summed E-state index contributed by atoms with van der Waals surface area (Å²) < 4.78 is 49.8. The number of thiophene rings is 1. The number of amides is 1. The van der Waals surface area contributed by atoms with Crippen molar-refractivity contribution in [1.29, 1.82) is 0 Å². The minimum atomic E-state index is -4.38. The van der Waals surface area contributed by atoms with E-state index in [0.29, 0.717) is 16.2 Å². The van der Waals surface area contributed by atoms with Gasteiger partial charge in [0, 0.05) is 11.4 Å². The first-order valence-corrected chi connectivity index (χ1v) is 12.8. The summed E-state index contributed by atoms with van der Waals surface area (Å²) in [5.41, 5.74) is 2.68. The molecule has 0 spiro atoms. The third-order valence-corrected chi connectivity index (χ3v) is 7.02. The summed E-state index contributed by atoms with van der Waals surface area (Å²) in [7, 11) is 1.30. The topological polar surface area (TPSA) is 64.6 Å². The fourth-order valence-electron chi connectivity index (χ4n) is 4.07. The van der Waals surface area contributed by atoms with E-state index in [0.717, 1.165) is 46.5 Å². The number of alkyl halides is 3. The summed E-state index contributed by atoms with van der Waals surface area (Å²) in [5, 5.41) is 2.71. The number of methoxy groups -OCH3 is 1. The van der Waals surface area contributed by atoms with Crippen molar-refractivity contribution in [2.75, 3.05) is 13.7 Å². The maximum atomic E-state index is 12.9.